The van der Waals surface area contributed by atoms with Crippen molar-refractivity contribution in [2.24, 2.45) is 0 Å². The predicted molar refractivity (Wildman–Crippen MR) is 92.4 cm³/mol. The fourth-order valence-electron chi connectivity index (χ4n) is 1.64. The van der Waals surface area contributed by atoms with Crippen molar-refractivity contribution in [1.29, 1.82) is 0 Å². The van der Waals surface area contributed by atoms with E-state index in [4.69, 9.17) is 0 Å². The normalized spacial score (nSPS) is 11.5. The summed E-state index contributed by atoms with van der Waals surface area (Å²) in [5, 5.41) is 4.31. The minimum Gasteiger partial charge on any atom is -0.469 e. The molecule has 0 aliphatic carbocycles. The summed E-state index contributed by atoms with van der Waals surface area (Å²) < 4.78 is 30.1. The van der Waals surface area contributed by atoms with Crippen LogP contribution in [0.1, 0.15) is 38.8 Å². The molecule has 24 heavy (non-hydrogen) atoms. The van der Waals surface area contributed by atoms with E-state index in [1.807, 2.05) is 0 Å². The Morgan fingerprint density at radius 3 is 2.67 bits per heavy atom. The van der Waals surface area contributed by atoms with Gasteiger partial charge < -0.3 is 10.1 Å². The number of amides is 1. The molecule has 0 aromatic carbocycles. The van der Waals surface area contributed by atoms with Gasteiger partial charge in [0.1, 0.15) is 0 Å². The largest absolute Gasteiger partial charge is 0.469 e. The van der Waals surface area contributed by atoms with Crippen molar-refractivity contribution in [2.75, 3.05) is 19.0 Å². The summed E-state index contributed by atoms with van der Waals surface area (Å²) in [5.74, 6) is -0.581. The predicted octanol–water partition coefficient (Wildman–Crippen LogP) is 1.30. The molecule has 2 N–H and O–H groups in total. The zero-order valence-corrected chi connectivity index (χ0v) is 15.6. The number of nitrogens with one attached hydrogen (secondary N) is 2. The average Bonchev–Trinajstić information content (AvgIpc) is 2.93. The van der Waals surface area contributed by atoms with E-state index in [9.17, 15) is 18.0 Å². The number of aromatic nitrogens is 1. The number of carbonyl (C=O) groups excluding carboxylic acids is 2. The maximum Gasteiger partial charge on any atom is 0.311 e. The van der Waals surface area contributed by atoms with E-state index < -0.39 is 15.3 Å². The average molecular weight is 377 g/mol. The van der Waals surface area contributed by atoms with Gasteiger partial charge in [0.2, 0.25) is 15.9 Å². The van der Waals surface area contributed by atoms with Crippen LogP contribution in [0.4, 0.5) is 5.13 Å². The molecule has 10 heteroatoms. The van der Waals surface area contributed by atoms with Gasteiger partial charge in [0.15, 0.2) is 5.13 Å². The van der Waals surface area contributed by atoms with Crippen molar-refractivity contribution in [3.63, 3.8) is 0 Å². The van der Waals surface area contributed by atoms with E-state index in [0.717, 1.165) is 0 Å². The summed E-state index contributed by atoms with van der Waals surface area (Å²) in [6.45, 7) is 3.53. The van der Waals surface area contributed by atoms with E-state index in [1.54, 1.807) is 19.2 Å². The third-order valence-corrected chi connectivity index (χ3v) is 5.76. The third-order valence-electron chi connectivity index (χ3n) is 3.11. The molecule has 1 aromatic rings. The van der Waals surface area contributed by atoms with Crippen LogP contribution in [0.2, 0.25) is 0 Å². The highest BCUT2D eigenvalue weighted by molar-refractivity contribution is 7.90. The van der Waals surface area contributed by atoms with Gasteiger partial charge in [-0.25, -0.2) is 18.1 Å². The lowest BCUT2D eigenvalue weighted by Crippen LogP contribution is -2.31. The standard InChI is InChI=1S/C14H23N3O5S2/c1-10(2)24(20,21)15-7-5-4-6-12(18)17-14-16-11(9-23-14)8-13(19)22-3/h9-10,15H,4-8H2,1-3H3,(H,16,17,18). The van der Waals surface area contributed by atoms with E-state index in [1.165, 1.54) is 18.4 Å². The monoisotopic (exact) mass is 377 g/mol. The Morgan fingerprint density at radius 2 is 2.04 bits per heavy atom. The SMILES string of the molecule is COC(=O)Cc1csc(NC(=O)CCCCNS(=O)(=O)C(C)C)n1. The number of methoxy groups -OCH3 is 1. The number of carbonyl (C=O) groups is 2. The van der Waals surface area contributed by atoms with Crippen LogP contribution < -0.4 is 10.0 Å². The second-order valence-corrected chi connectivity index (χ2v) is 8.57. The number of esters is 1. The molecular formula is C14H23N3O5S2. The lowest BCUT2D eigenvalue weighted by atomic mass is 10.2. The molecule has 1 heterocycles. The molecule has 1 aromatic heterocycles. The number of ether oxygens (including phenoxy) is 1. The molecule has 0 saturated heterocycles. The van der Waals surface area contributed by atoms with E-state index >= 15 is 0 Å². The van der Waals surface area contributed by atoms with Crippen LogP contribution >= 0.6 is 11.3 Å². The Kier molecular flexibility index (Phi) is 8.29. The van der Waals surface area contributed by atoms with Crippen LogP contribution in [-0.2, 0) is 30.8 Å². The molecule has 8 nitrogen and oxygen atoms in total. The van der Waals surface area contributed by atoms with Crippen molar-refractivity contribution in [3.8, 4) is 0 Å². The van der Waals surface area contributed by atoms with Crippen molar-refractivity contribution in [1.82, 2.24) is 9.71 Å². The second kappa shape index (κ2) is 9.70. The lowest BCUT2D eigenvalue weighted by molar-refractivity contribution is -0.139. The van der Waals surface area contributed by atoms with Gasteiger partial charge in [0, 0.05) is 18.3 Å². The van der Waals surface area contributed by atoms with E-state index in [2.05, 4.69) is 19.8 Å². The maximum absolute atomic E-state index is 11.8. The van der Waals surface area contributed by atoms with Gasteiger partial charge >= 0.3 is 5.97 Å². The van der Waals surface area contributed by atoms with Crippen LogP contribution in [-0.4, -0.2) is 44.2 Å². The van der Waals surface area contributed by atoms with Gasteiger partial charge in [0.25, 0.3) is 0 Å². The molecule has 0 unspecified atom stereocenters. The third kappa shape index (κ3) is 7.37. The molecule has 0 radical (unpaired) electrons. The molecule has 136 valence electrons. The summed E-state index contributed by atoms with van der Waals surface area (Å²) in [7, 11) is -1.95. The first-order chi connectivity index (χ1) is 11.2. The summed E-state index contributed by atoms with van der Waals surface area (Å²) in [5.41, 5.74) is 0.547. The van der Waals surface area contributed by atoms with Gasteiger partial charge in [-0.05, 0) is 26.7 Å². The van der Waals surface area contributed by atoms with Gasteiger partial charge in [0.05, 0.1) is 24.5 Å². The molecule has 1 amide bonds. The maximum atomic E-state index is 11.8. The number of sulfonamides is 1. The highest BCUT2D eigenvalue weighted by atomic mass is 32.2. The van der Waals surface area contributed by atoms with Crippen LogP contribution in [0, 0.1) is 0 Å². The smallest absolute Gasteiger partial charge is 0.311 e. The first-order valence-corrected chi connectivity index (χ1v) is 9.96. The molecule has 1 rings (SSSR count). The molecule has 0 aliphatic heterocycles. The van der Waals surface area contributed by atoms with Crippen LogP contribution in [0.5, 0.6) is 0 Å². The summed E-state index contributed by atoms with van der Waals surface area (Å²) in [6, 6.07) is 0. The Bertz CT molecular complexity index is 655. The minimum atomic E-state index is -3.25. The van der Waals surface area contributed by atoms with Crippen molar-refractivity contribution in [3.05, 3.63) is 11.1 Å². The molecule has 0 aliphatic rings. The molecule has 0 atom stereocenters. The number of hydrogen-bond donors (Lipinski definition) is 2. The van der Waals surface area contributed by atoms with Gasteiger partial charge in [-0.15, -0.1) is 11.3 Å². The fourth-order valence-corrected chi connectivity index (χ4v) is 3.13. The van der Waals surface area contributed by atoms with Crippen molar-refractivity contribution < 1.29 is 22.7 Å². The molecular weight excluding hydrogens is 354 g/mol. The zero-order chi connectivity index (χ0) is 18.2. The Labute approximate surface area is 146 Å². The van der Waals surface area contributed by atoms with Gasteiger partial charge in [-0.1, -0.05) is 0 Å². The number of rotatable bonds is 10. The van der Waals surface area contributed by atoms with Crippen LogP contribution in [0.3, 0.4) is 0 Å². The molecule has 0 saturated carbocycles. The number of nitrogens with zero attached hydrogens (tertiary/aromatic N) is 1. The zero-order valence-electron chi connectivity index (χ0n) is 14.0. The minimum absolute atomic E-state index is 0.0683. The molecule has 0 spiro atoms. The number of hydrogen-bond acceptors (Lipinski definition) is 7. The second-order valence-electron chi connectivity index (χ2n) is 5.39. The lowest BCUT2D eigenvalue weighted by Gasteiger charge is -2.08. The van der Waals surface area contributed by atoms with Crippen molar-refractivity contribution >= 4 is 38.4 Å². The fraction of sp³-hybridized carbons (Fsp3) is 0.643. The van der Waals surface area contributed by atoms with Gasteiger partial charge in [-0.2, -0.15) is 0 Å². The van der Waals surface area contributed by atoms with E-state index in [0.29, 0.717) is 30.2 Å². The van der Waals surface area contributed by atoms with Crippen molar-refractivity contribution in [2.45, 2.75) is 44.8 Å². The number of thiazole rings is 1. The first kappa shape index (κ1) is 20.5. The highest BCUT2D eigenvalue weighted by Gasteiger charge is 2.14. The Hall–Kier alpha value is -1.52. The quantitative estimate of drug-likeness (QED) is 0.469. The molecule has 0 fully saturated rings. The van der Waals surface area contributed by atoms with E-state index in [-0.39, 0.29) is 24.7 Å². The van der Waals surface area contributed by atoms with Gasteiger partial charge in [-0.3, -0.25) is 9.59 Å². The number of anilines is 1. The molecule has 0 bridgehead atoms. The van der Waals surface area contributed by atoms with Crippen LogP contribution in [0.25, 0.3) is 0 Å². The Morgan fingerprint density at radius 1 is 1.33 bits per heavy atom. The first-order valence-electron chi connectivity index (χ1n) is 7.54. The topological polar surface area (TPSA) is 114 Å². The number of unbranched alkanes of at least 4 members (excludes halogenated alkanes) is 1. The Balaban J connectivity index is 2.26. The summed E-state index contributed by atoms with van der Waals surface area (Å²) >= 11 is 1.24. The summed E-state index contributed by atoms with van der Waals surface area (Å²) in [6.07, 6.45) is 1.48. The summed E-state index contributed by atoms with van der Waals surface area (Å²) in [4.78, 5) is 27.1. The van der Waals surface area contributed by atoms with Crippen LogP contribution in [0.15, 0.2) is 5.38 Å². The highest BCUT2D eigenvalue weighted by Crippen LogP contribution is 2.16.